The first-order chi connectivity index (χ1) is 11.7. The van der Waals surface area contributed by atoms with E-state index in [-0.39, 0.29) is 0 Å². The van der Waals surface area contributed by atoms with Crippen molar-refractivity contribution in [3.8, 4) is 0 Å². The van der Waals surface area contributed by atoms with E-state index in [0.717, 1.165) is 23.2 Å². The molecule has 0 spiro atoms. The number of furan rings is 1. The molecule has 0 bridgehead atoms. The number of hydrogen-bond donors (Lipinski definition) is 1. The molecule has 1 N–H and O–H groups in total. The van der Waals surface area contributed by atoms with Crippen LogP contribution in [0.3, 0.4) is 0 Å². The molecular formula is C20H32N2OS. The first-order valence-corrected chi connectivity index (χ1v) is 10.3. The largest absolute Gasteiger partial charge is 0.464 e. The molecule has 0 unspecified atom stereocenters. The first-order valence-electron chi connectivity index (χ1n) is 9.85. The van der Waals surface area contributed by atoms with Gasteiger partial charge in [0.1, 0.15) is 11.5 Å². The molecule has 1 aromatic rings. The van der Waals surface area contributed by atoms with E-state index < -0.39 is 0 Å². The smallest absolute Gasteiger partial charge is 0.169 e. The van der Waals surface area contributed by atoms with Crippen LogP contribution in [-0.2, 0) is 6.54 Å². The molecule has 3 rings (SSSR count). The summed E-state index contributed by atoms with van der Waals surface area (Å²) in [4.78, 5) is 2.40. The minimum Gasteiger partial charge on any atom is -0.464 e. The Kier molecular flexibility index (Phi) is 6.59. The fraction of sp³-hybridized carbons (Fsp3) is 0.750. The summed E-state index contributed by atoms with van der Waals surface area (Å²) >= 11 is 5.85. The van der Waals surface area contributed by atoms with E-state index in [9.17, 15) is 0 Å². The second-order valence-corrected chi connectivity index (χ2v) is 7.96. The Morgan fingerprint density at radius 1 is 1.04 bits per heavy atom. The summed E-state index contributed by atoms with van der Waals surface area (Å²) in [6, 6.07) is 5.27. The van der Waals surface area contributed by atoms with Crippen LogP contribution in [0.1, 0.15) is 82.1 Å². The van der Waals surface area contributed by atoms with Gasteiger partial charge in [-0.25, -0.2) is 0 Å². The third-order valence-corrected chi connectivity index (χ3v) is 5.93. The van der Waals surface area contributed by atoms with Crippen LogP contribution in [0, 0.1) is 6.92 Å². The van der Waals surface area contributed by atoms with E-state index in [1.54, 1.807) is 0 Å². The normalized spacial score (nSPS) is 20.5. The average Bonchev–Trinajstić information content (AvgIpc) is 3.19. The molecule has 0 amide bonds. The van der Waals surface area contributed by atoms with Gasteiger partial charge in [0, 0.05) is 12.1 Å². The monoisotopic (exact) mass is 348 g/mol. The second-order valence-electron chi connectivity index (χ2n) is 7.57. The maximum absolute atomic E-state index is 5.85. The van der Waals surface area contributed by atoms with Crippen LogP contribution in [0.4, 0.5) is 0 Å². The van der Waals surface area contributed by atoms with Gasteiger partial charge < -0.3 is 14.6 Å². The molecule has 2 fully saturated rings. The van der Waals surface area contributed by atoms with Gasteiger partial charge in [-0.15, -0.1) is 0 Å². The van der Waals surface area contributed by atoms with Crippen molar-refractivity contribution in [2.45, 2.75) is 96.2 Å². The van der Waals surface area contributed by atoms with E-state index >= 15 is 0 Å². The molecular weight excluding hydrogens is 316 g/mol. The van der Waals surface area contributed by atoms with Crippen LogP contribution >= 0.6 is 12.2 Å². The summed E-state index contributed by atoms with van der Waals surface area (Å²) in [5, 5.41) is 4.65. The lowest BCUT2D eigenvalue weighted by atomic mass is 9.97. The van der Waals surface area contributed by atoms with Gasteiger partial charge in [-0.2, -0.15) is 0 Å². The first kappa shape index (κ1) is 17.8. The Labute approximate surface area is 152 Å². The summed E-state index contributed by atoms with van der Waals surface area (Å²) in [6.07, 6.45) is 14.5. The SMILES string of the molecule is Cc1ccc(CN(C(=S)NC2CCCCCCC2)C2CCCC2)o1. The van der Waals surface area contributed by atoms with Gasteiger partial charge in [0.05, 0.1) is 6.54 Å². The van der Waals surface area contributed by atoms with E-state index in [1.807, 2.05) is 13.0 Å². The van der Waals surface area contributed by atoms with E-state index in [0.29, 0.717) is 12.1 Å². The third-order valence-electron chi connectivity index (χ3n) is 5.58. The van der Waals surface area contributed by atoms with Gasteiger partial charge in [0.25, 0.3) is 0 Å². The Morgan fingerprint density at radius 3 is 2.29 bits per heavy atom. The molecule has 24 heavy (non-hydrogen) atoms. The third kappa shape index (κ3) is 4.98. The van der Waals surface area contributed by atoms with Crippen LogP contribution in [0.2, 0.25) is 0 Å². The van der Waals surface area contributed by atoms with E-state index in [1.165, 1.54) is 70.6 Å². The minimum absolute atomic E-state index is 0.556. The van der Waals surface area contributed by atoms with Gasteiger partial charge in [-0.3, -0.25) is 0 Å². The van der Waals surface area contributed by atoms with Crippen LogP contribution in [0.5, 0.6) is 0 Å². The lowest BCUT2D eigenvalue weighted by molar-refractivity contribution is 0.271. The highest BCUT2D eigenvalue weighted by molar-refractivity contribution is 7.80. The second kappa shape index (κ2) is 8.89. The number of nitrogens with zero attached hydrogens (tertiary/aromatic N) is 1. The van der Waals surface area contributed by atoms with Crippen molar-refractivity contribution in [3.63, 3.8) is 0 Å². The average molecular weight is 349 g/mol. The predicted molar refractivity (Wildman–Crippen MR) is 103 cm³/mol. The van der Waals surface area contributed by atoms with Crippen molar-refractivity contribution in [2.75, 3.05) is 0 Å². The topological polar surface area (TPSA) is 28.4 Å². The number of nitrogens with one attached hydrogen (secondary N) is 1. The van der Waals surface area contributed by atoms with Crippen LogP contribution in [0.15, 0.2) is 16.5 Å². The molecule has 0 aliphatic heterocycles. The minimum atomic E-state index is 0.556. The summed E-state index contributed by atoms with van der Waals surface area (Å²) < 4.78 is 5.82. The molecule has 0 atom stereocenters. The molecule has 3 nitrogen and oxygen atoms in total. The summed E-state index contributed by atoms with van der Waals surface area (Å²) in [5.41, 5.74) is 0. The van der Waals surface area contributed by atoms with Gasteiger partial charge in [0.15, 0.2) is 5.11 Å². The van der Waals surface area contributed by atoms with Crippen molar-refractivity contribution in [3.05, 3.63) is 23.7 Å². The quantitative estimate of drug-likeness (QED) is 0.745. The molecule has 1 heterocycles. The summed E-state index contributed by atoms with van der Waals surface area (Å²) in [7, 11) is 0. The molecule has 2 aliphatic carbocycles. The zero-order chi connectivity index (χ0) is 16.8. The van der Waals surface area contributed by atoms with Crippen molar-refractivity contribution in [1.82, 2.24) is 10.2 Å². The fourth-order valence-corrected chi connectivity index (χ4v) is 4.56. The van der Waals surface area contributed by atoms with Crippen LogP contribution in [-0.4, -0.2) is 22.1 Å². The summed E-state index contributed by atoms with van der Waals surface area (Å²) in [6.45, 7) is 2.81. The summed E-state index contributed by atoms with van der Waals surface area (Å²) in [5.74, 6) is 2.01. The number of aryl methyl sites for hydroxylation is 1. The van der Waals surface area contributed by atoms with Gasteiger partial charge in [-0.05, 0) is 57.0 Å². The van der Waals surface area contributed by atoms with Crippen LogP contribution in [0.25, 0.3) is 0 Å². The molecule has 2 saturated carbocycles. The van der Waals surface area contributed by atoms with Crippen molar-refractivity contribution in [2.24, 2.45) is 0 Å². The molecule has 0 aromatic carbocycles. The fourth-order valence-electron chi connectivity index (χ4n) is 4.18. The Bertz CT molecular complexity index is 513. The van der Waals surface area contributed by atoms with Crippen molar-refractivity contribution >= 4 is 17.3 Å². The molecule has 134 valence electrons. The molecule has 0 saturated heterocycles. The molecule has 1 aromatic heterocycles. The Balaban J connectivity index is 1.63. The van der Waals surface area contributed by atoms with E-state index in [4.69, 9.17) is 16.6 Å². The van der Waals surface area contributed by atoms with Crippen LogP contribution < -0.4 is 5.32 Å². The maximum Gasteiger partial charge on any atom is 0.169 e. The highest BCUT2D eigenvalue weighted by Crippen LogP contribution is 2.26. The van der Waals surface area contributed by atoms with Gasteiger partial charge in [0.2, 0.25) is 0 Å². The molecule has 4 heteroatoms. The van der Waals surface area contributed by atoms with Gasteiger partial charge in [-0.1, -0.05) is 44.9 Å². The van der Waals surface area contributed by atoms with Gasteiger partial charge >= 0.3 is 0 Å². The molecule has 2 aliphatic rings. The highest BCUT2D eigenvalue weighted by atomic mass is 32.1. The zero-order valence-corrected chi connectivity index (χ0v) is 15.9. The number of thiocarbonyl (C=S) groups is 1. The standard InChI is InChI=1S/C20H32N2OS/c1-16-13-14-19(23-16)15-22(18-11-7-8-12-18)20(24)21-17-9-5-3-2-4-6-10-17/h13-14,17-18H,2-12,15H2,1H3,(H,21,24). The van der Waals surface area contributed by atoms with E-state index in [2.05, 4.69) is 16.3 Å². The predicted octanol–water partition coefficient (Wildman–Crippen LogP) is 5.32. The van der Waals surface area contributed by atoms with Crippen molar-refractivity contribution in [1.29, 1.82) is 0 Å². The highest BCUT2D eigenvalue weighted by Gasteiger charge is 2.26. The lowest BCUT2D eigenvalue weighted by Crippen LogP contribution is -2.48. The number of rotatable bonds is 4. The van der Waals surface area contributed by atoms with Crippen molar-refractivity contribution < 1.29 is 4.42 Å². The molecule has 0 radical (unpaired) electrons. The Morgan fingerprint density at radius 2 is 1.67 bits per heavy atom. The maximum atomic E-state index is 5.85. The zero-order valence-electron chi connectivity index (χ0n) is 15.1. The Hall–Kier alpha value is -1.03. The lowest BCUT2D eigenvalue weighted by Gasteiger charge is -2.33. The number of hydrogen-bond acceptors (Lipinski definition) is 2.